The van der Waals surface area contributed by atoms with Crippen LogP contribution in [0.5, 0.6) is 0 Å². The minimum Gasteiger partial charge on any atom is -0.366 e. The maximum Gasteiger partial charge on any atom is 0.265 e. The molecule has 0 radical (unpaired) electrons. The summed E-state index contributed by atoms with van der Waals surface area (Å²) in [7, 11) is 0. The maximum absolute atomic E-state index is 11.8. The first-order valence-electron chi connectivity index (χ1n) is 5.62. The van der Waals surface area contributed by atoms with Crippen molar-refractivity contribution in [3.63, 3.8) is 0 Å². The number of primary amides is 1. The molecule has 17 heavy (non-hydrogen) atoms. The third kappa shape index (κ3) is 2.82. The molecular formula is C12H15N3O2. The maximum atomic E-state index is 11.8. The average molecular weight is 233 g/mol. The Morgan fingerprint density at radius 1 is 1.06 bits per heavy atom. The molecule has 0 aliphatic carbocycles. The lowest BCUT2D eigenvalue weighted by Crippen LogP contribution is -2.39. The van der Waals surface area contributed by atoms with E-state index in [1.807, 2.05) is 5.01 Å². The number of rotatable bonds is 3. The van der Waals surface area contributed by atoms with Gasteiger partial charge in [-0.3, -0.25) is 15.0 Å². The highest BCUT2D eigenvalue weighted by Crippen LogP contribution is 2.07. The minimum absolute atomic E-state index is 0.150. The summed E-state index contributed by atoms with van der Waals surface area (Å²) in [4.78, 5) is 22.7. The van der Waals surface area contributed by atoms with Gasteiger partial charge >= 0.3 is 0 Å². The highest BCUT2D eigenvalue weighted by atomic mass is 16.2. The smallest absolute Gasteiger partial charge is 0.265 e. The van der Waals surface area contributed by atoms with Gasteiger partial charge in [0, 0.05) is 24.2 Å². The van der Waals surface area contributed by atoms with Crippen molar-refractivity contribution >= 4 is 11.8 Å². The Morgan fingerprint density at radius 2 is 1.59 bits per heavy atom. The van der Waals surface area contributed by atoms with Crippen LogP contribution in [-0.4, -0.2) is 29.9 Å². The summed E-state index contributed by atoms with van der Waals surface area (Å²) in [5.74, 6) is -0.639. The van der Waals surface area contributed by atoms with Crippen LogP contribution in [0.4, 0.5) is 0 Å². The molecule has 0 saturated carbocycles. The van der Waals surface area contributed by atoms with Crippen LogP contribution in [0.25, 0.3) is 0 Å². The highest BCUT2D eigenvalue weighted by molar-refractivity contribution is 5.97. The topological polar surface area (TPSA) is 75.4 Å². The van der Waals surface area contributed by atoms with E-state index in [1.165, 1.54) is 0 Å². The van der Waals surface area contributed by atoms with Gasteiger partial charge in [0.1, 0.15) is 0 Å². The number of amides is 2. The van der Waals surface area contributed by atoms with Crippen molar-refractivity contribution in [1.29, 1.82) is 0 Å². The normalized spacial score (nSPS) is 15.8. The second-order valence-electron chi connectivity index (χ2n) is 4.08. The monoisotopic (exact) mass is 233 g/mol. The second kappa shape index (κ2) is 4.97. The van der Waals surface area contributed by atoms with Crippen LogP contribution < -0.4 is 11.2 Å². The third-order valence-corrected chi connectivity index (χ3v) is 2.80. The van der Waals surface area contributed by atoms with Crippen LogP contribution in [0.1, 0.15) is 33.6 Å². The Morgan fingerprint density at radius 3 is 2.12 bits per heavy atom. The number of benzene rings is 1. The van der Waals surface area contributed by atoms with Gasteiger partial charge in [0.2, 0.25) is 5.91 Å². The SMILES string of the molecule is NC(=O)c1ccc(C(=O)NN2CCCC2)cc1. The standard InChI is InChI=1S/C12H15N3O2/c13-11(16)9-3-5-10(6-4-9)12(17)14-15-7-1-2-8-15/h3-6H,1-2,7-8H2,(H2,13,16)(H,14,17). The second-order valence-corrected chi connectivity index (χ2v) is 4.08. The first-order chi connectivity index (χ1) is 8.16. The molecule has 1 aromatic rings. The Hall–Kier alpha value is -1.88. The fraction of sp³-hybridized carbons (Fsp3) is 0.333. The predicted molar refractivity (Wildman–Crippen MR) is 63.2 cm³/mol. The first-order valence-corrected chi connectivity index (χ1v) is 5.62. The van der Waals surface area contributed by atoms with E-state index >= 15 is 0 Å². The molecule has 1 saturated heterocycles. The van der Waals surface area contributed by atoms with Crippen LogP contribution >= 0.6 is 0 Å². The van der Waals surface area contributed by atoms with E-state index in [4.69, 9.17) is 5.73 Å². The van der Waals surface area contributed by atoms with Gasteiger partial charge in [0.25, 0.3) is 5.91 Å². The minimum atomic E-state index is -0.489. The van der Waals surface area contributed by atoms with Gasteiger partial charge in [0.15, 0.2) is 0 Å². The molecule has 0 atom stereocenters. The molecular weight excluding hydrogens is 218 g/mol. The summed E-state index contributed by atoms with van der Waals surface area (Å²) in [5, 5.41) is 1.91. The molecule has 0 unspecified atom stereocenters. The van der Waals surface area contributed by atoms with E-state index in [0.717, 1.165) is 25.9 Å². The molecule has 5 heteroatoms. The van der Waals surface area contributed by atoms with Gasteiger partial charge in [-0.25, -0.2) is 5.01 Å². The highest BCUT2D eigenvalue weighted by Gasteiger charge is 2.15. The van der Waals surface area contributed by atoms with Gasteiger partial charge < -0.3 is 5.73 Å². The van der Waals surface area contributed by atoms with E-state index in [2.05, 4.69) is 5.43 Å². The molecule has 0 bridgehead atoms. The summed E-state index contributed by atoms with van der Waals surface area (Å²) in [6.45, 7) is 1.79. The fourth-order valence-electron chi connectivity index (χ4n) is 1.82. The van der Waals surface area contributed by atoms with E-state index < -0.39 is 5.91 Å². The lowest BCUT2D eigenvalue weighted by Gasteiger charge is -2.16. The molecule has 2 amide bonds. The summed E-state index contributed by atoms with van der Waals surface area (Å²) in [5.41, 5.74) is 8.88. The third-order valence-electron chi connectivity index (χ3n) is 2.80. The predicted octanol–water partition coefficient (Wildman–Crippen LogP) is 0.526. The fourth-order valence-corrected chi connectivity index (χ4v) is 1.82. The van der Waals surface area contributed by atoms with Crippen molar-refractivity contribution in [3.05, 3.63) is 35.4 Å². The lowest BCUT2D eigenvalue weighted by atomic mass is 10.1. The zero-order valence-electron chi connectivity index (χ0n) is 9.48. The number of nitrogens with two attached hydrogens (primary N) is 1. The van der Waals surface area contributed by atoms with Crippen LogP contribution in [-0.2, 0) is 0 Å². The molecule has 1 heterocycles. The van der Waals surface area contributed by atoms with Crippen molar-refractivity contribution in [2.75, 3.05) is 13.1 Å². The van der Waals surface area contributed by atoms with Crippen LogP contribution in [0.3, 0.4) is 0 Å². The number of carbonyl (C=O) groups excluding carboxylic acids is 2. The first kappa shape index (κ1) is 11.6. The van der Waals surface area contributed by atoms with E-state index in [0.29, 0.717) is 11.1 Å². The Bertz CT molecular complexity index is 422. The van der Waals surface area contributed by atoms with Crippen molar-refractivity contribution in [1.82, 2.24) is 10.4 Å². The van der Waals surface area contributed by atoms with Crippen molar-refractivity contribution in [2.24, 2.45) is 5.73 Å². The zero-order valence-corrected chi connectivity index (χ0v) is 9.48. The summed E-state index contributed by atoms with van der Waals surface area (Å²) in [6.07, 6.45) is 2.22. The van der Waals surface area contributed by atoms with Crippen molar-refractivity contribution in [3.8, 4) is 0 Å². The van der Waals surface area contributed by atoms with Gasteiger partial charge in [-0.2, -0.15) is 0 Å². The van der Waals surface area contributed by atoms with E-state index in [-0.39, 0.29) is 5.91 Å². The summed E-state index contributed by atoms with van der Waals surface area (Å²) < 4.78 is 0. The molecule has 2 rings (SSSR count). The van der Waals surface area contributed by atoms with Crippen molar-refractivity contribution < 1.29 is 9.59 Å². The summed E-state index contributed by atoms with van der Waals surface area (Å²) in [6, 6.07) is 6.32. The van der Waals surface area contributed by atoms with Gasteiger partial charge in [-0.05, 0) is 37.1 Å². The van der Waals surface area contributed by atoms with Gasteiger partial charge in [0.05, 0.1) is 0 Å². The van der Waals surface area contributed by atoms with Crippen LogP contribution in [0, 0.1) is 0 Å². The largest absolute Gasteiger partial charge is 0.366 e. The lowest BCUT2D eigenvalue weighted by molar-refractivity contribution is 0.0825. The molecule has 1 aliphatic heterocycles. The van der Waals surface area contributed by atoms with E-state index in [9.17, 15) is 9.59 Å². The van der Waals surface area contributed by atoms with E-state index in [1.54, 1.807) is 24.3 Å². The van der Waals surface area contributed by atoms with Crippen molar-refractivity contribution in [2.45, 2.75) is 12.8 Å². The Kier molecular flexibility index (Phi) is 3.39. The average Bonchev–Trinajstić information content (AvgIpc) is 2.82. The Labute approximate surface area is 99.6 Å². The molecule has 1 fully saturated rings. The van der Waals surface area contributed by atoms with Gasteiger partial charge in [-0.1, -0.05) is 0 Å². The van der Waals surface area contributed by atoms with Gasteiger partial charge in [-0.15, -0.1) is 0 Å². The number of carbonyl (C=O) groups is 2. The molecule has 1 aromatic carbocycles. The quantitative estimate of drug-likeness (QED) is 0.799. The number of hydrogen-bond acceptors (Lipinski definition) is 3. The molecule has 5 nitrogen and oxygen atoms in total. The zero-order chi connectivity index (χ0) is 12.3. The molecule has 1 aliphatic rings. The molecule has 0 spiro atoms. The Balaban J connectivity index is 2.01. The van der Waals surface area contributed by atoms with Crippen LogP contribution in [0.2, 0.25) is 0 Å². The molecule has 3 N–H and O–H groups in total. The molecule has 90 valence electrons. The number of hydrazine groups is 1. The number of nitrogens with one attached hydrogen (secondary N) is 1. The van der Waals surface area contributed by atoms with Crippen LogP contribution in [0.15, 0.2) is 24.3 Å². The molecule has 0 aromatic heterocycles. The number of hydrogen-bond donors (Lipinski definition) is 2. The summed E-state index contributed by atoms with van der Waals surface area (Å²) >= 11 is 0. The number of nitrogens with zero attached hydrogens (tertiary/aromatic N) is 1.